The molecule has 1 aromatic carbocycles. The number of fused-ring (bicyclic) bond motifs is 6. The maximum Gasteiger partial charge on any atom is 0.169 e. The maximum absolute atomic E-state index is 14.7. The van der Waals surface area contributed by atoms with Gasteiger partial charge in [0.15, 0.2) is 5.82 Å². The molecule has 7 heteroatoms. The van der Waals surface area contributed by atoms with Crippen molar-refractivity contribution in [2.24, 2.45) is 40.4 Å². The second kappa shape index (κ2) is 8.13. The number of benzene rings is 1. The molecule has 4 fully saturated rings. The van der Waals surface area contributed by atoms with E-state index in [9.17, 15) is 14.6 Å². The molecule has 4 aliphatic rings. The summed E-state index contributed by atoms with van der Waals surface area (Å²) in [6.07, 6.45) is 9.40. The highest BCUT2D eigenvalue weighted by molar-refractivity contribution is 6.31. The van der Waals surface area contributed by atoms with E-state index < -0.39 is 17.5 Å². The number of nitrogens with zero attached hydrogens (tertiary/aromatic N) is 3. The lowest BCUT2D eigenvalue weighted by atomic mass is 9.44. The van der Waals surface area contributed by atoms with Gasteiger partial charge in [0.2, 0.25) is 0 Å². The Labute approximate surface area is 212 Å². The average Bonchev–Trinajstić information content (AvgIpc) is 3.37. The minimum absolute atomic E-state index is 0.0510. The van der Waals surface area contributed by atoms with Crippen molar-refractivity contribution in [3.05, 3.63) is 23.0 Å². The van der Waals surface area contributed by atoms with Crippen LogP contribution in [0.5, 0.6) is 0 Å². The van der Waals surface area contributed by atoms with Crippen LogP contribution in [0.25, 0.3) is 11.0 Å². The standard InChI is InChI=1S/C28H39ClFN3O2/c1-26(35)12-13-27(2)16(14-26)4-5-17-18-6-7-20(28(18,3)11-10-19(17)27)23(34)15-33-25-22(31-32-33)9-8-21(29)24(25)30/h8-9,16-20,23,34-35H,4-7,10-15H2,1-3H3/t16?,17?,18-,19-,20+,23?,26+,27-,28?/m0/s1. The van der Waals surface area contributed by atoms with E-state index in [1.807, 2.05) is 6.92 Å². The smallest absolute Gasteiger partial charge is 0.169 e. The van der Waals surface area contributed by atoms with E-state index in [0.29, 0.717) is 28.7 Å². The minimum atomic E-state index is -0.596. The highest BCUT2D eigenvalue weighted by Crippen LogP contribution is 2.68. The number of aromatic nitrogens is 3. The van der Waals surface area contributed by atoms with Crippen LogP contribution in [-0.4, -0.2) is 36.9 Å². The Morgan fingerprint density at radius 3 is 2.63 bits per heavy atom. The first kappa shape index (κ1) is 24.1. The molecule has 5 nitrogen and oxygen atoms in total. The molecule has 4 aliphatic carbocycles. The molecule has 1 heterocycles. The van der Waals surface area contributed by atoms with Crippen LogP contribution < -0.4 is 0 Å². The third kappa shape index (κ3) is 3.60. The van der Waals surface area contributed by atoms with Crippen molar-refractivity contribution in [1.82, 2.24) is 15.0 Å². The van der Waals surface area contributed by atoms with Gasteiger partial charge in [-0.2, -0.15) is 0 Å². The Balaban J connectivity index is 1.23. The summed E-state index contributed by atoms with van der Waals surface area (Å²) in [7, 11) is 0. The van der Waals surface area contributed by atoms with Gasteiger partial charge in [-0.25, -0.2) is 9.07 Å². The lowest BCUT2D eigenvalue weighted by Gasteiger charge is -2.62. The van der Waals surface area contributed by atoms with E-state index >= 15 is 0 Å². The molecule has 0 amide bonds. The molecular formula is C28H39ClFN3O2. The molecule has 0 saturated heterocycles. The third-order valence-electron chi connectivity index (χ3n) is 11.4. The molecule has 2 N–H and O–H groups in total. The molecule has 4 saturated carbocycles. The summed E-state index contributed by atoms with van der Waals surface area (Å²) in [5.74, 6) is 2.34. The van der Waals surface area contributed by atoms with E-state index in [4.69, 9.17) is 11.6 Å². The van der Waals surface area contributed by atoms with Gasteiger partial charge in [-0.1, -0.05) is 30.7 Å². The summed E-state index contributed by atoms with van der Waals surface area (Å²) in [6, 6.07) is 3.17. The zero-order chi connectivity index (χ0) is 24.8. The minimum Gasteiger partial charge on any atom is -0.391 e. The van der Waals surface area contributed by atoms with Crippen LogP contribution in [0.1, 0.15) is 78.6 Å². The number of aliphatic hydroxyl groups excluding tert-OH is 1. The Bertz CT molecular complexity index is 1140. The largest absolute Gasteiger partial charge is 0.391 e. The first-order chi connectivity index (χ1) is 16.5. The van der Waals surface area contributed by atoms with Crippen LogP contribution in [0.4, 0.5) is 4.39 Å². The van der Waals surface area contributed by atoms with Gasteiger partial charge in [0, 0.05) is 0 Å². The van der Waals surface area contributed by atoms with Crippen molar-refractivity contribution < 1.29 is 14.6 Å². The lowest BCUT2D eigenvalue weighted by molar-refractivity contribution is -0.150. The van der Waals surface area contributed by atoms with Crippen LogP contribution in [-0.2, 0) is 6.54 Å². The normalized spacial score (nSPS) is 44.0. The van der Waals surface area contributed by atoms with Gasteiger partial charge in [-0.3, -0.25) is 0 Å². The molecule has 0 spiro atoms. The SMILES string of the molecule is CC12CC[C@H]3C(CCC4C[C@](C)(O)CC[C@@]43C)[C@@H]1CC[C@@H]2C(O)Cn1nnc2ccc(Cl)c(F)c21. The van der Waals surface area contributed by atoms with E-state index in [1.54, 1.807) is 6.07 Å². The van der Waals surface area contributed by atoms with E-state index in [-0.39, 0.29) is 28.4 Å². The van der Waals surface area contributed by atoms with Crippen LogP contribution in [0.2, 0.25) is 5.02 Å². The van der Waals surface area contributed by atoms with E-state index in [2.05, 4.69) is 24.2 Å². The summed E-state index contributed by atoms with van der Waals surface area (Å²) < 4.78 is 16.2. The van der Waals surface area contributed by atoms with Gasteiger partial charge in [0.1, 0.15) is 11.0 Å². The van der Waals surface area contributed by atoms with Crippen molar-refractivity contribution in [2.75, 3.05) is 0 Å². The Hall–Kier alpha value is -1.24. The van der Waals surface area contributed by atoms with Gasteiger partial charge in [0.05, 0.1) is 23.3 Å². The van der Waals surface area contributed by atoms with Crippen molar-refractivity contribution in [1.29, 1.82) is 0 Å². The summed E-state index contributed by atoms with van der Waals surface area (Å²) in [4.78, 5) is 0. The van der Waals surface area contributed by atoms with Gasteiger partial charge in [0.25, 0.3) is 0 Å². The molecule has 35 heavy (non-hydrogen) atoms. The van der Waals surface area contributed by atoms with Crippen molar-refractivity contribution in [2.45, 2.75) is 96.8 Å². The summed E-state index contributed by atoms with van der Waals surface area (Å²) in [5.41, 5.74) is 0.666. The number of halogens is 2. The topological polar surface area (TPSA) is 71.2 Å². The van der Waals surface area contributed by atoms with Gasteiger partial charge < -0.3 is 10.2 Å². The second-order valence-electron chi connectivity index (χ2n) is 13.2. The zero-order valence-electron chi connectivity index (χ0n) is 21.2. The van der Waals surface area contributed by atoms with E-state index in [0.717, 1.165) is 44.4 Å². The Morgan fingerprint density at radius 2 is 1.83 bits per heavy atom. The predicted molar refractivity (Wildman–Crippen MR) is 134 cm³/mol. The third-order valence-corrected chi connectivity index (χ3v) is 11.7. The molecule has 0 radical (unpaired) electrons. The summed E-state index contributed by atoms with van der Waals surface area (Å²) >= 11 is 6.01. The Morgan fingerprint density at radius 1 is 1.06 bits per heavy atom. The average molecular weight is 504 g/mol. The monoisotopic (exact) mass is 503 g/mol. The highest BCUT2D eigenvalue weighted by atomic mass is 35.5. The highest BCUT2D eigenvalue weighted by Gasteiger charge is 2.61. The fraction of sp³-hybridized carbons (Fsp3) is 0.786. The van der Waals surface area contributed by atoms with Gasteiger partial charge >= 0.3 is 0 Å². The fourth-order valence-electron chi connectivity index (χ4n) is 9.54. The lowest BCUT2D eigenvalue weighted by Crippen LogP contribution is -2.56. The number of aliphatic hydroxyl groups is 2. The number of hydrogen-bond acceptors (Lipinski definition) is 4. The molecule has 2 aromatic rings. The summed E-state index contributed by atoms with van der Waals surface area (Å²) in [6.45, 7) is 7.19. The molecule has 6 rings (SSSR count). The summed E-state index contributed by atoms with van der Waals surface area (Å²) in [5, 5.41) is 30.5. The molecule has 192 valence electrons. The van der Waals surface area contributed by atoms with Crippen molar-refractivity contribution >= 4 is 22.6 Å². The van der Waals surface area contributed by atoms with Crippen molar-refractivity contribution in [3.8, 4) is 0 Å². The van der Waals surface area contributed by atoms with Crippen LogP contribution >= 0.6 is 11.6 Å². The molecule has 9 atom stereocenters. The molecule has 1 aromatic heterocycles. The zero-order valence-corrected chi connectivity index (χ0v) is 21.9. The van der Waals surface area contributed by atoms with Crippen LogP contribution in [0, 0.1) is 46.2 Å². The van der Waals surface area contributed by atoms with Gasteiger partial charge in [-0.05, 0) is 117 Å². The van der Waals surface area contributed by atoms with Crippen molar-refractivity contribution in [3.63, 3.8) is 0 Å². The van der Waals surface area contributed by atoms with Crippen LogP contribution in [0.3, 0.4) is 0 Å². The Kier molecular flexibility index (Phi) is 5.60. The molecule has 0 aliphatic heterocycles. The first-order valence-corrected chi connectivity index (χ1v) is 14.0. The number of rotatable bonds is 3. The molecular weight excluding hydrogens is 465 g/mol. The second-order valence-corrected chi connectivity index (χ2v) is 13.6. The van der Waals surface area contributed by atoms with E-state index in [1.165, 1.54) is 30.0 Å². The van der Waals surface area contributed by atoms with Gasteiger partial charge in [-0.15, -0.1) is 5.10 Å². The molecule has 0 bridgehead atoms. The quantitative estimate of drug-likeness (QED) is 0.539. The maximum atomic E-state index is 14.7. The van der Waals surface area contributed by atoms with Crippen LogP contribution in [0.15, 0.2) is 12.1 Å². The molecule has 4 unspecified atom stereocenters. The number of hydrogen-bond donors (Lipinski definition) is 2. The first-order valence-electron chi connectivity index (χ1n) is 13.6. The fourth-order valence-corrected chi connectivity index (χ4v) is 9.69. The predicted octanol–water partition coefficient (Wildman–Crippen LogP) is 5.99.